The number of rotatable bonds is 8. The van der Waals surface area contributed by atoms with Gasteiger partial charge < -0.3 is 5.32 Å². The monoisotopic (exact) mass is 295 g/mol. The van der Waals surface area contributed by atoms with E-state index in [1.807, 2.05) is 31.2 Å². The van der Waals surface area contributed by atoms with Crippen molar-refractivity contribution in [2.75, 3.05) is 6.54 Å². The standard InChI is InChI=1S/C16H22FNOS/c1-3-4-5-6-11-18-16(19)12-15(17)20-14-9-7-13(2)8-10-14/h7-10,12H,3-6,11H2,1-2H3,(H,18,19). The van der Waals surface area contributed by atoms with Gasteiger partial charge in [0.05, 0.1) is 0 Å². The van der Waals surface area contributed by atoms with Crippen LogP contribution in [0.5, 0.6) is 0 Å². The minimum atomic E-state index is -0.486. The van der Waals surface area contributed by atoms with Gasteiger partial charge in [-0.3, -0.25) is 4.79 Å². The molecule has 0 aliphatic heterocycles. The Hall–Kier alpha value is -1.29. The summed E-state index contributed by atoms with van der Waals surface area (Å²) >= 11 is 0.962. The fourth-order valence-corrected chi connectivity index (χ4v) is 2.33. The van der Waals surface area contributed by atoms with Crippen molar-refractivity contribution in [1.29, 1.82) is 0 Å². The number of amides is 1. The topological polar surface area (TPSA) is 29.1 Å². The second kappa shape index (κ2) is 9.59. The molecule has 0 spiro atoms. The number of aryl methyl sites for hydroxylation is 1. The van der Waals surface area contributed by atoms with E-state index < -0.39 is 5.16 Å². The number of benzene rings is 1. The van der Waals surface area contributed by atoms with Crippen LogP contribution in [0.25, 0.3) is 0 Å². The fourth-order valence-electron chi connectivity index (χ4n) is 1.67. The molecule has 2 nitrogen and oxygen atoms in total. The zero-order valence-corrected chi connectivity index (χ0v) is 12.9. The molecule has 0 unspecified atom stereocenters. The summed E-state index contributed by atoms with van der Waals surface area (Å²) in [5, 5.41) is 2.21. The van der Waals surface area contributed by atoms with Gasteiger partial charge >= 0.3 is 0 Å². The zero-order chi connectivity index (χ0) is 14.8. The van der Waals surface area contributed by atoms with Crippen LogP contribution in [0.2, 0.25) is 0 Å². The highest BCUT2D eigenvalue weighted by Crippen LogP contribution is 2.27. The van der Waals surface area contributed by atoms with Crippen molar-refractivity contribution >= 4 is 17.7 Å². The van der Waals surface area contributed by atoms with Crippen LogP contribution in [0, 0.1) is 6.92 Å². The van der Waals surface area contributed by atoms with Gasteiger partial charge in [-0.25, -0.2) is 0 Å². The number of hydrogen-bond donors (Lipinski definition) is 1. The minimum Gasteiger partial charge on any atom is -0.352 e. The van der Waals surface area contributed by atoms with E-state index in [2.05, 4.69) is 12.2 Å². The number of hydrogen-bond acceptors (Lipinski definition) is 2. The molecule has 1 amide bonds. The summed E-state index contributed by atoms with van der Waals surface area (Å²) in [7, 11) is 0. The molecule has 0 bridgehead atoms. The molecule has 0 aliphatic rings. The first-order valence-corrected chi connectivity index (χ1v) is 7.83. The summed E-state index contributed by atoms with van der Waals surface area (Å²) in [6.45, 7) is 4.73. The summed E-state index contributed by atoms with van der Waals surface area (Å²) in [6.07, 6.45) is 5.39. The Morgan fingerprint density at radius 3 is 2.60 bits per heavy atom. The first kappa shape index (κ1) is 16.8. The van der Waals surface area contributed by atoms with Gasteiger partial charge in [-0.05, 0) is 25.5 Å². The summed E-state index contributed by atoms with van der Waals surface area (Å²) in [5.41, 5.74) is 1.13. The predicted octanol–water partition coefficient (Wildman–Crippen LogP) is 4.59. The molecule has 4 heteroatoms. The Kier molecular flexibility index (Phi) is 8.04. The number of carbonyl (C=O) groups excluding carboxylic acids is 1. The van der Waals surface area contributed by atoms with Crippen molar-refractivity contribution in [2.24, 2.45) is 0 Å². The molecule has 0 saturated carbocycles. The number of nitrogens with one attached hydrogen (secondary N) is 1. The van der Waals surface area contributed by atoms with Gasteiger partial charge in [-0.2, -0.15) is 4.39 Å². The Labute approximate surface area is 124 Å². The van der Waals surface area contributed by atoms with E-state index in [-0.39, 0.29) is 5.91 Å². The fraction of sp³-hybridized carbons (Fsp3) is 0.438. The van der Waals surface area contributed by atoms with Crippen LogP contribution in [-0.2, 0) is 4.79 Å². The van der Waals surface area contributed by atoms with Crippen molar-refractivity contribution in [1.82, 2.24) is 5.32 Å². The highest BCUT2D eigenvalue weighted by molar-refractivity contribution is 8.02. The first-order chi connectivity index (χ1) is 9.61. The second-order valence-electron chi connectivity index (χ2n) is 4.72. The van der Waals surface area contributed by atoms with E-state index in [4.69, 9.17) is 0 Å². The third-order valence-corrected chi connectivity index (χ3v) is 3.63. The molecule has 20 heavy (non-hydrogen) atoms. The van der Waals surface area contributed by atoms with Crippen molar-refractivity contribution in [3.63, 3.8) is 0 Å². The maximum Gasteiger partial charge on any atom is 0.247 e. The first-order valence-electron chi connectivity index (χ1n) is 7.01. The normalized spacial score (nSPS) is 11.4. The lowest BCUT2D eigenvalue weighted by Crippen LogP contribution is -2.22. The molecule has 0 heterocycles. The van der Waals surface area contributed by atoms with Crippen LogP contribution in [0.3, 0.4) is 0 Å². The Morgan fingerprint density at radius 2 is 1.95 bits per heavy atom. The average Bonchev–Trinajstić information content (AvgIpc) is 2.41. The van der Waals surface area contributed by atoms with E-state index in [0.29, 0.717) is 6.54 Å². The van der Waals surface area contributed by atoms with Crippen LogP contribution in [-0.4, -0.2) is 12.5 Å². The maximum absolute atomic E-state index is 13.6. The number of carbonyl (C=O) groups is 1. The van der Waals surface area contributed by atoms with Crippen molar-refractivity contribution in [2.45, 2.75) is 44.4 Å². The number of thioether (sulfide) groups is 1. The summed E-state index contributed by atoms with van der Waals surface area (Å²) in [5.74, 6) is -0.362. The van der Waals surface area contributed by atoms with Crippen molar-refractivity contribution in [3.8, 4) is 0 Å². The lowest BCUT2D eigenvalue weighted by molar-refractivity contribution is -0.116. The maximum atomic E-state index is 13.6. The van der Waals surface area contributed by atoms with Crippen molar-refractivity contribution in [3.05, 3.63) is 41.1 Å². The van der Waals surface area contributed by atoms with Gasteiger partial charge in [0.15, 0.2) is 5.16 Å². The Balaban J connectivity index is 2.32. The second-order valence-corrected chi connectivity index (χ2v) is 5.78. The van der Waals surface area contributed by atoms with Gasteiger partial charge in [0.2, 0.25) is 5.91 Å². The zero-order valence-electron chi connectivity index (χ0n) is 12.1. The molecule has 0 aromatic heterocycles. The van der Waals surface area contributed by atoms with Gasteiger partial charge in [0.1, 0.15) is 0 Å². The molecule has 1 aromatic rings. The van der Waals surface area contributed by atoms with Gasteiger partial charge in [-0.15, -0.1) is 0 Å². The largest absolute Gasteiger partial charge is 0.352 e. The molecule has 1 rings (SSSR count). The van der Waals surface area contributed by atoms with E-state index in [1.165, 1.54) is 6.42 Å². The van der Waals surface area contributed by atoms with Crippen molar-refractivity contribution < 1.29 is 9.18 Å². The molecule has 1 N–H and O–H groups in total. The average molecular weight is 295 g/mol. The Morgan fingerprint density at radius 1 is 1.25 bits per heavy atom. The molecular formula is C16H22FNOS. The molecule has 0 saturated heterocycles. The molecule has 1 aromatic carbocycles. The SMILES string of the molecule is CCCCCCNC(=O)C=C(F)Sc1ccc(C)cc1. The van der Waals surface area contributed by atoms with Crippen LogP contribution in [0.1, 0.15) is 38.2 Å². The molecule has 0 radical (unpaired) electrons. The van der Waals surface area contributed by atoms with E-state index in [0.717, 1.165) is 47.6 Å². The summed E-state index contributed by atoms with van der Waals surface area (Å²) in [6, 6.07) is 7.53. The molecule has 110 valence electrons. The van der Waals surface area contributed by atoms with E-state index in [1.54, 1.807) is 0 Å². The molecule has 0 atom stereocenters. The highest BCUT2D eigenvalue weighted by atomic mass is 32.2. The van der Waals surface area contributed by atoms with Gasteiger partial charge in [0, 0.05) is 17.5 Å². The lowest BCUT2D eigenvalue weighted by Gasteiger charge is -2.02. The molecular weight excluding hydrogens is 273 g/mol. The van der Waals surface area contributed by atoms with Gasteiger partial charge in [-0.1, -0.05) is 55.6 Å². The summed E-state index contributed by atoms with van der Waals surface area (Å²) in [4.78, 5) is 12.3. The summed E-state index contributed by atoms with van der Waals surface area (Å²) < 4.78 is 13.6. The van der Waals surface area contributed by atoms with Crippen LogP contribution in [0.15, 0.2) is 40.4 Å². The van der Waals surface area contributed by atoms with Crippen LogP contribution in [0.4, 0.5) is 4.39 Å². The quantitative estimate of drug-likeness (QED) is 0.431. The van der Waals surface area contributed by atoms with Crippen LogP contribution < -0.4 is 5.32 Å². The predicted molar refractivity (Wildman–Crippen MR) is 83.4 cm³/mol. The molecule has 0 fully saturated rings. The number of unbranched alkanes of at least 4 members (excludes halogenated alkanes) is 3. The third kappa shape index (κ3) is 7.34. The lowest BCUT2D eigenvalue weighted by atomic mass is 10.2. The van der Waals surface area contributed by atoms with E-state index in [9.17, 15) is 9.18 Å². The van der Waals surface area contributed by atoms with Crippen LogP contribution >= 0.6 is 11.8 Å². The molecule has 0 aliphatic carbocycles. The Bertz CT molecular complexity index is 442. The minimum absolute atomic E-state index is 0.362. The number of halogens is 1. The van der Waals surface area contributed by atoms with Gasteiger partial charge in [0.25, 0.3) is 0 Å². The smallest absolute Gasteiger partial charge is 0.247 e. The highest BCUT2D eigenvalue weighted by Gasteiger charge is 2.03. The van der Waals surface area contributed by atoms with E-state index >= 15 is 0 Å². The third-order valence-electron chi connectivity index (χ3n) is 2.81.